The zero-order valence-corrected chi connectivity index (χ0v) is 18.7. The highest BCUT2D eigenvalue weighted by atomic mass is 35.5. The number of rotatable bonds is 7. The van der Waals surface area contributed by atoms with Gasteiger partial charge in [-0.05, 0) is 35.4 Å². The van der Waals surface area contributed by atoms with Gasteiger partial charge in [0.25, 0.3) is 0 Å². The van der Waals surface area contributed by atoms with Gasteiger partial charge in [-0.1, -0.05) is 41.6 Å². The Hall–Kier alpha value is -1.57. The van der Waals surface area contributed by atoms with E-state index in [2.05, 4.69) is 36.4 Å². The Kier molecular flexibility index (Phi) is 7.33. The molecule has 2 aliphatic heterocycles. The van der Waals surface area contributed by atoms with Gasteiger partial charge < -0.3 is 20.3 Å². The number of carbonyl (C=O) groups is 1. The molecule has 2 aliphatic rings. The molecule has 0 spiro atoms. The van der Waals surface area contributed by atoms with Crippen LogP contribution in [0.2, 0.25) is 5.02 Å². The third-order valence-corrected chi connectivity index (χ3v) is 7.52. The van der Waals surface area contributed by atoms with Crippen LogP contribution in [0.15, 0.2) is 52.3 Å². The van der Waals surface area contributed by atoms with E-state index in [9.17, 15) is 4.79 Å². The van der Waals surface area contributed by atoms with Gasteiger partial charge in [-0.2, -0.15) is 0 Å². The second-order valence-corrected chi connectivity index (χ2v) is 9.69. The molecule has 0 aliphatic carbocycles. The number of quaternary nitrogens is 2. The molecule has 0 radical (unpaired) electrons. The third kappa shape index (κ3) is 5.56. The summed E-state index contributed by atoms with van der Waals surface area (Å²) in [6.07, 6.45) is 1.38. The summed E-state index contributed by atoms with van der Waals surface area (Å²) in [5.74, 6) is -0.199. The monoisotopic (exact) mass is 447 g/mol. The number of benzene rings is 2. The molecule has 0 aromatic heterocycles. The first-order chi connectivity index (χ1) is 14.6. The maximum Gasteiger partial charge on any atom is 0.223 e. The minimum atomic E-state index is -0.199. The van der Waals surface area contributed by atoms with Crippen LogP contribution < -0.4 is 15.5 Å². The molecule has 2 aromatic carbocycles. The zero-order valence-electron chi connectivity index (χ0n) is 17.2. The summed E-state index contributed by atoms with van der Waals surface area (Å²) < 4.78 is 6.45. The molecule has 4 rings (SSSR count). The van der Waals surface area contributed by atoms with Crippen LogP contribution in [0.25, 0.3) is 0 Å². The largest absolute Gasteiger partial charge is 0.369 e. The van der Waals surface area contributed by atoms with Crippen LogP contribution in [0.5, 0.6) is 0 Å². The minimum Gasteiger partial charge on any atom is -0.369 e. The van der Waals surface area contributed by atoms with Crippen molar-refractivity contribution >= 4 is 29.3 Å². The lowest BCUT2D eigenvalue weighted by atomic mass is 10.0. The molecule has 1 amide bonds. The Morgan fingerprint density at radius 3 is 2.57 bits per heavy atom. The average molecular weight is 448 g/mol. The van der Waals surface area contributed by atoms with Gasteiger partial charge in [0, 0.05) is 21.2 Å². The van der Waals surface area contributed by atoms with Crippen LogP contribution in [0.1, 0.15) is 23.7 Å². The van der Waals surface area contributed by atoms with Crippen molar-refractivity contribution in [2.45, 2.75) is 28.7 Å². The minimum absolute atomic E-state index is 0.0512. The van der Waals surface area contributed by atoms with Gasteiger partial charge in [-0.25, -0.2) is 0 Å². The Balaban J connectivity index is 1.33. The van der Waals surface area contributed by atoms with Gasteiger partial charge in [0.05, 0.1) is 25.7 Å². The Morgan fingerprint density at radius 2 is 1.80 bits per heavy atom. The summed E-state index contributed by atoms with van der Waals surface area (Å²) >= 11 is 8.07. The fourth-order valence-corrected chi connectivity index (χ4v) is 5.63. The molecule has 30 heavy (non-hydrogen) atoms. The molecule has 5 nitrogen and oxygen atoms in total. The van der Waals surface area contributed by atoms with E-state index < -0.39 is 0 Å². The van der Waals surface area contributed by atoms with E-state index in [0.29, 0.717) is 6.42 Å². The maximum absolute atomic E-state index is 11.0. The second-order valence-electron chi connectivity index (χ2n) is 8.17. The van der Waals surface area contributed by atoms with Gasteiger partial charge >= 0.3 is 0 Å². The van der Waals surface area contributed by atoms with E-state index in [1.807, 2.05) is 6.07 Å². The molecule has 1 fully saturated rings. The molecule has 160 valence electrons. The number of hydrogen-bond acceptors (Lipinski definition) is 3. The number of carbonyl (C=O) groups excluding carboxylic acids is 1. The molecule has 7 heteroatoms. The number of fused-ring (bicyclic) bond motifs is 2. The van der Waals surface area contributed by atoms with E-state index in [4.69, 9.17) is 22.1 Å². The number of nitrogens with one attached hydrogen (secondary N) is 2. The highest BCUT2D eigenvalue weighted by molar-refractivity contribution is 7.99. The molecule has 2 aromatic rings. The van der Waals surface area contributed by atoms with E-state index in [1.54, 1.807) is 16.7 Å². The highest BCUT2D eigenvalue weighted by Gasteiger charge is 2.26. The van der Waals surface area contributed by atoms with Crippen molar-refractivity contribution in [1.29, 1.82) is 0 Å². The smallest absolute Gasteiger partial charge is 0.223 e. The Morgan fingerprint density at radius 1 is 1.07 bits per heavy atom. The Labute approximate surface area is 187 Å². The molecule has 0 saturated carbocycles. The quantitative estimate of drug-likeness (QED) is 0.587. The zero-order chi connectivity index (χ0) is 20.9. The van der Waals surface area contributed by atoms with Crippen LogP contribution in [0, 0.1) is 0 Å². The number of ether oxygens (including phenoxy) is 1. The predicted molar refractivity (Wildman–Crippen MR) is 119 cm³/mol. The van der Waals surface area contributed by atoms with Crippen molar-refractivity contribution in [2.75, 3.05) is 45.9 Å². The first-order valence-corrected chi connectivity index (χ1v) is 11.9. The summed E-state index contributed by atoms with van der Waals surface area (Å²) in [6.45, 7) is 7.04. The lowest BCUT2D eigenvalue weighted by molar-refractivity contribution is -1.01. The van der Waals surface area contributed by atoms with Gasteiger partial charge in [0.15, 0.2) is 0 Å². The number of nitrogens with two attached hydrogens (primary N) is 1. The van der Waals surface area contributed by atoms with Crippen LogP contribution in [-0.2, 0) is 16.0 Å². The van der Waals surface area contributed by atoms with E-state index in [-0.39, 0.29) is 12.0 Å². The van der Waals surface area contributed by atoms with E-state index >= 15 is 0 Å². The number of primary amides is 1. The van der Waals surface area contributed by atoms with Crippen LogP contribution in [-0.4, -0.2) is 51.8 Å². The van der Waals surface area contributed by atoms with Crippen LogP contribution >= 0.6 is 23.4 Å². The fraction of sp³-hybridized carbons (Fsp3) is 0.435. The third-order valence-electron chi connectivity index (χ3n) is 6.08. The number of halogens is 1. The lowest BCUT2D eigenvalue weighted by Crippen LogP contribution is -3.28. The van der Waals surface area contributed by atoms with Crippen molar-refractivity contribution < 1.29 is 19.3 Å². The molecule has 0 bridgehead atoms. The topological polar surface area (TPSA) is 61.2 Å². The van der Waals surface area contributed by atoms with Crippen LogP contribution in [0.4, 0.5) is 0 Å². The van der Waals surface area contributed by atoms with E-state index in [0.717, 1.165) is 57.3 Å². The summed E-state index contributed by atoms with van der Waals surface area (Å²) in [6, 6.07) is 14.7. The predicted octanol–water partition coefficient (Wildman–Crippen LogP) is 0.764. The first kappa shape index (κ1) is 21.7. The van der Waals surface area contributed by atoms with Crippen molar-refractivity contribution in [2.24, 2.45) is 5.73 Å². The van der Waals surface area contributed by atoms with Gasteiger partial charge in [-0.15, -0.1) is 0 Å². The second kappa shape index (κ2) is 10.2. The number of hydrogen-bond donors (Lipinski definition) is 3. The molecular weight excluding hydrogens is 418 g/mol. The molecule has 1 saturated heterocycles. The number of piperazine rings is 1. The summed E-state index contributed by atoms with van der Waals surface area (Å²) in [7, 11) is 0. The van der Waals surface area contributed by atoms with Gasteiger partial charge in [0.1, 0.15) is 32.7 Å². The highest BCUT2D eigenvalue weighted by Crippen LogP contribution is 2.42. The van der Waals surface area contributed by atoms with Crippen molar-refractivity contribution in [3.05, 3.63) is 58.6 Å². The van der Waals surface area contributed by atoms with Crippen molar-refractivity contribution in [1.82, 2.24) is 0 Å². The maximum atomic E-state index is 11.0. The fourth-order valence-electron chi connectivity index (χ4n) is 4.33. The first-order valence-electron chi connectivity index (χ1n) is 10.7. The van der Waals surface area contributed by atoms with Gasteiger partial charge in [-0.3, -0.25) is 4.79 Å². The molecular formula is C23H30ClN3O2S+2. The van der Waals surface area contributed by atoms with Crippen molar-refractivity contribution in [3.63, 3.8) is 0 Å². The molecule has 0 unspecified atom stereocenters. The SMILES string of the molecule is NC(=O)CC[NH+]1CC[NH+](CCO[C@@H]2Cc3cc(Cl)ccc3Sc3ccccc32)CC1. The molecule has 2 heterocycles. The van der Waals surface area contributed by atoms with Gasteiger partial charge in [0.2, 0.25) is 5.91 Å². The Bertz CT molecular complexity index is 887. The lowest BCUT2D eigenvalue weighted by Gasteiger charge is -2.30. The summed E-state index contributed by atoms with van der Waals surface area (Å²) in [4.78, 5) is 16.6. The normalized spacial score (nSPS) is 23.3. The summed E-state index contributed by atoms with van der Waals surface area (Å²) in [5.41, 5.74) is 7.80. The standard InChI is InChI=1S/C23H28ClN3O2S/c24-18-5-6-21-17(15-18)16-20(19-3-1-2-4-22(19)30-21)29-14-13-27-11-9-26(10-12-27)8-7-23(25)28/h1-6,15,20H,7-14,16H2,(H2,25,28)/p+2/t20-/m1/s1. The van der Waals surface area contributed by atoms with E-state index in [1.165, 1.54) is 25.8 Å². The number of amides is 1. The van der Waals surface area contributed by atoms with Crippen molar-refractivity contribution in [3.8, 4) is 0 Å². The average Bonchev–Trinajstić information content (AvgIpc) is 2.89. The molecule has 1 atom stereocenters. The van der Waals surface area contributed by atoms with Crippen LogP contribution in [0.3, 0.4) is 0 Å². The molecule has 4 N–H and O–H groups in total. The summed E-state index contributed by atoms with van der Waals surface area (Å²) in [5, 5.41) is 0.778.